The number of hydrogen-bond acceptors (Lipinski definition) is 7. The molecule has 3 aromatic rings. The van der Waals surface area contributed by atoms with Gasteiger partial charge >= 0.3 is 0 Å². The van der Waals surface area contributed by atoms with Crippen LogP contribution in [0, 0.1) is 13.8 Å². The Hall–Kier alpha value is -3.07. The Kier molecular flexibility index (Phi) is 7.75. The number of nitrogens with zero attached hydrogens (tertiary/aromatic N) is 6. The summed E-state index contributed by atoms with van der Waals surface area (Å²) in [5.74, 6) is 1.52. The molecule has 0 saturated carbocycles. The maximum Gasteiger partial charge on any atom is 0.241 e. The van der Waals surface area contributed by atoms with Crippen LogP contribution in [0.5, 0.6) is 0 Å². The zero-order chi connectivity index (χ0) is 24.9. The molecule has 2 aliphatic rings. The molecule has 1 aromatic heterocycles. The molecular formula is C28H36N6O2. The van der Waals surface area contributed by atoms with E-state index < -0.39 is 0 Å². The molecule has 0 N–H and O–H groups in total. The van der Waals surface area contributed by atoms with Crippen molar-refractivity contribution in [2.75, 3.05) is 58.9 Å². The Morgan fingerprint density at radius 3 is 2.17 bits per heavy atom. The van der Waals surface area contributed by atoms with Crippen molar-refractivity contribution in [3.8, 4) is 11.4 Å². The summed E-state index contributed by atoms with van der Waals surface area (Å²) in [7, 11) is 0. The van der Waals surface area contributed by atoms with Crippen LogP contribution in [0.3, 0.4) is 0 Å². The molecule has 8 heteroatoms. The highest BCUT2D eigenvalue weighted by atomic mass is 16.5. The van der Waals surface area contributed by atoms with Crippen LogP contribution in [0.4, 0.5) is 0 Å². The van der Waals surface area contributed by atoms with E-state index in [1.807, 2.05) is 17.0 Å². The second kappa shape index (κ2) is 11.3. The number of carbonyl (C=O) groups excluding carboxylic acids is 1. The van der Waals surface area contributed by atoms with Gasteiger partial charge in [-0.05, 0) is 25.0 Å². The number of amides is 1. The van der Waals surface area contributed by atoms with Gasteiger partial charge in [0.25, 0.3) is 0 Å². The van der Waals surface area contributed by atoms with E-state index in [1.165, 1.54) is 16.7 Å². The number of piperazine rings is 2. The first kappa shape index (κ1) is 24.6. The third-order valence-corrected chi connectivity index (χ3v) is 7.34. The van der Waals surface area contributed by atoms with E-state index in [0.717, 1.165) is 64.5 Å². The Bertz CT molecular complexity index is 1140. The molecule has 5 rings (SSSR count). The zero-order valence-electron chi connectivity index (χ0n) is 21.4. The summed E-state index contributed by atoms with van der Waals surface area (Å²) in [6, 6.07) is 16.7. The molecule has 190 valence electrons. The van der Waals surface area contributed by atoms with Gasteiger partial charge in [0.15, 0.2) is 0 Å². The molecule has 8 nitrogen and oxygen atoms in total. The Balaban J connectivity index is 1.03. The van der Waals surface area contributed by atoms with E-state index in [9.17, 15) is 4.79 Å². The molecule has 2 aromatic carbocycles. The van der Waals surface area contributed by atoms with Crippen molar-refractivity contribution in [1.82, 2.24) is 29.7 Å². The van der Waals surface area contributed by atoms with Crippen molar-refractivity contribution >= 4 is 5.91 Å². The summed E-state index contributed by atoms with van der Waals surface area (Å²) in [4.78, 5) is 26.6. The number of hydrogen-bond donors (Lipinski definition) is 0. The summed E-state index contributed by atoms with van der Waals surface area (Å²) < 4.78 is 5.49. The third-order valence-electron chi connectivity index (χ3n) is 7.34. The lowest BCUT2D eigenvalue weighted by atomic mass is 10.1. The smallest absolute Gasteiger partial charge is 0.241 e. The first-order chi connectivity index (χ1) is 17.5. The molecular weight excluding hydrogens is 452 g/mol. The van der Waals surface area contributed by atoms with Crippen LogP contribution in [-0.2, 0) is 17.9 Å². The molecule has 3 heterocycles. The van der Waals surface area contributed by atoms with Gasteiger partial charge in [-0.1, -0.05) is 59.3 Å². The van der Waals surface area contributed by atoms with Crippen LogP contribution >= 0.6 is 0 Å². The average molecular weight is 489 g/mol. The fourth-order valence-electron chi connectivity index (χ4n) is 4.91. The van der Waals surface area contributed by atoms with E-state index >= 15 is 0 Å². The highest BCUT2D eigenvalue weighted by Gasteiger charge is 2.25. The quantitative estimate of drug-likeness (QED) is 0.507. The molecule has 0 bridgehead atoms. The number of benzene rings is 2. The number of rotatable bonds is 7. The van der Waals surface area contributed by atoms with Crippen molar-refractivity contribution in [2.45, 2.75) is 26.9 Å². The molecule has 0 radical (unpaired) electrons. The molecule has 2 fully saturated rings. The lowest BCUT2D eigenvalue weighted by Gasteiger charge is -2.37. The van der Waals surface area contributed by atoms with Crippen LogP contribution in [0.25, 0.3) is 11.4 Å². The fourth-order valence-corrected chi connectivity index (χ4v) is 4.91. The minimum Gasteiger partial charge on any atom is -0.339 e. The Morgan fingerprint density at radius 2 is 1.44 bits per heavy atom. The van der Waals surface area contributed by atoms with E-state index in [0.29, 0.717) is 24.8 Å². The van der Waals surface area contributed by atoms with Gasteiger partial charge in [0.1, 0.15) is 0 Å². The summed E-state index contributed by atoms with van der Waals surface area (Å²) in [5.41, 5.74) is 4.89. The highest BCUT2D eigenvalue weighted by molar-refractivity contribution is 5.78. The van der Waals surface area contributed by atoms with E-state index in [4.69, 9.17) is 4.52 Å². The summed E-state index contributed by atoms with van der Waals surface area (Å²) in [6.07, 6.45) is 0. The van der Waals surface area contributed by atoms with Gasteiger partial charge in [-0.15, -0.1) is 0 Å². The topological polar surface area (TPSA) is 69.0 Å². The molecule has 2 aliphatic heterocycles. The zero-order valence-corrected chi connectivity index (χ0v) is 21.4. The Morgan fingerprint density at radius 1 is 0.806 bits per heavy atom. The van der Waals surface area contributed by atoms with Crippen molar-refractivity contribution in [2.24, 2.45) is 0 Å². The predicted octanol–water partition coefficient (Wildman–Crippen LogP) is 2.82. The predicted molar refractivity (Wildman–Crippen MR) is 139 cm³/mol. The molecule has 36 heavy (non-hydrogen) atoms. The van der Waals surface area contributed by atoms with Crippen LogP contribution in [0.2, 0.25) is 0 Å². The van der Waals surface area contributed by atoms with Gasteiger partial charge in [-0.2, -0.15) is 4.98 Å². The number of aromatic nitrogens is 2. The van der Waals surface area contributed by atoms with Crippen molar-refractivity contribution in [1.29, 1.82) is 0 Å². The third kappa shape index (κ3) is 6.19. The lowest BCUT2D eigenvalue weighted by molar-refractivity contribution is -0.134. The van der Waals surface area contributed by atoms with E-state index in [1.54, 1.807) is 0 Å². The Labute approximate surface area is 213 Å². The average Bonchev–Trinajstić information content (AvgIpc) is 3.36. The van der Waals surface area contributed by atoms with Gasteiger partial charge in [0, 0.05) is 64.5 Å². The van der Waals surface area contributed by atoms with Crippen LogP contribution in [0.1, 0.15) is 22.6 Å². The molecule has 0 aliphatic carbocycles. The second-order valence-electron chi connectivity index (χ2n) is 10.0. The van der Waals surface area contributed by atoms with Crippen molar-refractivity contribution in [3.63, 3.8) is 0 Å². The normalized spacial score (nSPS) is 18.0. The largest absolute Gasteiger partial charge is 0.339 e. The van der Waals surface area contributed by atoms with Gasteiger partial charge in [0.2, 0.25) is 17.6 Å². The van der Waals surface area contributed by atoms with Gasteiger partial charge < -0.3 is 9.42 Å². The minimum absolute atomic E-state index is 0.249. The van der Waals surface area contributed by atoms with Crippen molar-refractivity contribution < 1.29 is 9.32 Å². The SMILES string of the molecule is Cc1ccc(-c2noc(CN3CCN(CC(=O)N4CCN(Cc5ccccc5C)CC4)CC3)n2)cc1. The van der Waals surface area contributed by atoms with Crippen LogP contribution in [0.15, 0.2) is 53.1 Å². The van der Waals surface area contributed by atoms with Crippen LogP contribution in [-0.4, -0.2) is 94.6 Å². The van der Waals surface area contributed by atoms with Crippen molar-refractivity contribution in [3.05, 3.63) is 71.1 Å². The summed E-state index contributed by atoms with van der Waals surface area (Å²) in [6.45, 7) is 13.3. The molecule has 2 saturated heterocycles. The first-order valence-corrected chi connectivity index (χ1v) is 12.9. The lowest BCUT2D eigenvalue weighted by Crippen LogP contribution is -2.53. The standard InChI is InChI=1S/C28H36N6O2/c1-22-7-9-24(10-8-22)28-29-26(36-30-28)20-32-11-13-33(14-12-32)21-27(35)34-17-15-31(16-18-34)19-25-6-4-3-5-23(25)2/h3-10H,11-21H2,1-2H3. The summed E-state index contributed by atoms with van der Waals surface area (Å²) >= 11 is 0. The maximum atomic E-state index is 12.9. The monoisotopic (exact) mass is 488 g/mol. The molecule has 1 amide bonds. The molecule has 0 spiro atoms. The van der Waals surface area contributed by atoms with Gasteiger partial charge in [-0.3, -0.25) is 19.5 Å². The molecule has 0 atom stereocenters. The number of carbonyl (C=O) groups is 1. The first-order valence-electron chi connectivity index (χ1n) is 12.9. The number of aryl methyl sites for hydroxylation is 2. The maximum absolute atomic E-state index is 12.9. The van der Waals surface area contributed by atoms with E-state index in [2.05, 4.69) is 75.1 Å². The fraction of sp³-hybridized carbons (Fsp3) is 0.464. The summed E-state index contributed by atoms with van der Waals surface area (Å²) in [5, 5.41) is 4.14. The highest BCUT2D eigenvalue weighted by Crippen LogP contribution is 2.18. The van der Waals surface area contributed by atoms with Crippen LogP contribution < -0.4 is 0 Å². The van der Waals surface area contributed by atoms with E-state index in [-0.39, 0.29) is 5.91 Å². The minimum atomic E-state index is 0.249. The van der Waals surface area contributed by atoms with Gasteiger partial charge in [0.05, 0.1) is 13.1 Å². The molecule has 0 unspecified atom stereocenters. The van der Waals surface area contributed by atoms with Gasteiger partial charge in [-0.25, -0.2) is 0 Å². The second-order valence-corrected chi connectivity index (χ2v) is 10.0.